The summed E-state index contributed by atoms with van der Waals surface area (Å²) in [6.45, 7) is 21.8. The summed E-state index contributed by atoms with van der Waals surface area (Å²) in [5.41, 5.74) is 0.360. The van der Waals surface area contributed by atoms with Gasteiger partial charge in [-0.3, -0.25) is 48.2 Å². The fourth-order valence-electron chi connectivity index (χ4n) is 12.8. The molecule has 0 aromatic heterocycles. The first-order chi connectivity index (χ1) is 49.6. The number of nitrogens with one attached hydrogen (secondary N) is 4. The maximum absolute atomic E-state index is 15.1. The van der Waals surface area contributed by atoms with E-state index in [1.807, 2.05) is 48.5 Å². The fraction of sp³-hybridized carbons (Fsp3) is 0.568. The Labute approximate surface area is 625 Å². The SMILES string of the molecule is C[C@@H](C(=O)N[C@H](C(=O)N1CCN(S(=O)(=O)c2ccc3cc(S(=O)(=O)N4CCN(C(=O)[C@@H](NC(=O)[C@H](C)N(C)C(=O)OC(C)(C)C)C(C)(C)C)[C@H](C(=O)N[C@@H]5CCCc6ccccc65)C4)ccc3c2)C[C@H]1C(=O)N[C@@H]1CCCc2ccccc21)C(C)(C)C)N(C)C(=O)OC(C)(C)C.O=C(C(=O)C(F)(F)F)C(F)(F)F. The average Bonchev–Trinajstić information content (AvgIpc) is 0.761. The molecule has 2 fully saturated rings. The lowest BCUT2D eigenvalue weighted by atomic mass is 9.85. The minimum atomic E-state index is -5.77. The number of piperazine rings is 2. The molecular weight excluding hydrogens is 1460 g/mol. The van der Waals surface area contributed by atoms with Gasteiger partial charge in [-0.15, -0.1) is 0 Å². The normalized spacial score (nSPS) is 19.6. The first kappa shape index (κ1) is 86.5. The maximum Gasteiger partial charge on any atom is 0.458 e. The molecule has 4 N–H and O–H groups in total. The highest BCUT2D eigenvalue weighted by Crippen LogP contribution is 2.36. The minimum absolute atomic E-state index is 0.168. The smallest absolute Gasteiger partial charge is 0.444 e. The summed E-state index contributed by atoms with van der Waals surface area (Å²) in [5.74, 6) is -10.6. The van der Waals surface area contributed by atoms with Crippen LogP contribution in [0.5, 0.6) is 0 Å². The number of alkyl halides is 6. The van der Waals surface area contributed by atoms with E-state index in [0.29, 0.717) is 23.6 Å². The number of carbonyl (C=O) groups is 10. The Hall–Kier alpha value is -8.76. The first-order valence-electron chi connectivity index (χ1n) is 35.3. The van der Waals surface area contributed by atoms with Crippen LogP contribution in [0.15, 0.2) is 94.7 Å². The first-order valence-corrected chi connectivity index (χ1v) is 38.2. The van der Waals surface area contributed by atoms with Crippen molar-refractivity contribution in [3.8, 4) is 0 Å². The quantitative estimate of drug-likeness (QED) is 0.0569. The number of rotatable bonds is 17. The van der Waals surface area contributed by atoms with Crippen molar-refractivity contribution in [2.24, 2.45) is 10.8 Å². The fourth-order valence-corrected chi connectivity index (χ4v) is 15.8. The Morgan fingerprint density at radius 1 is 0.481 bits per heavy atom. The molecule has 2 heterocycles. The van der Waals surface area contributed by atoms with Crippen molar-refractivity contribution in [2.45, 2.75) is 217 Å². The topological polar surface area (TPSA) is 325 Å². The molecule has 8 atom stereocenters. The van der Waals surface area contributed by atoms with Crippen molar-refractivity contribution in [2.75, 3.05) is 53.4 Å². The predicted octanol–water partition coefficient (Wildman–Crippen LogP) is 8.45. The third-order valence-electron chi connectivity index (χ3n) is 19.1. The monoisotopic (exact) mass is 1560 g/mol. The number of nitrogens with zero attached hydrogens (tertiary/aromatic N) is 6. The largest absolute Gasteiger partial charge is 0.458 e. The number of likely N-dealkylation sites (N-methyl/N-ethyl adjacent to an activating group) is 2. The van der Waals surface area contributed by atoms with Gasteiger partial charge in [-0.1, -0.05) is 102 Å². The van der Waals surface area contributed by atoms with Crippen molar-refractivity contribution in [1.29, 1.82) is 0 Å². The van der Waals surface area contributed by atoms with Crippen LogP contribution in [0.3, 0.4) is 0 Å². The molecule has 0 radical (unpaired) electrons. The van der Waals surface area contributed by atoms with Crippen LogP contribution < -0.4 is 21.3 Å². The number of hydrogen-bond donors (Lipinski definition) is 4. The van der Waals surface area contributed by atoms with E-state index in [-0.39, 0.29) is 36.0 Å². The van der Waals surface area contributed by atoms with Crippen molar-refractivity contribution < 1.29 is 101 Å². The molecule has 0 bridgehead atoms. The van der Waals surface area contributed by atoms with Gasteiger partial charge < -0.3 is 40.5 Å². The number of amides is 8. The van der Waals surface area contributed by atoms with E-state index in [9.17, 15) is 81.5 Å². The Morgan fingerprint density at radius 2 is 0.806 bits per heavy atom. The van der Waals surface area contributed by atoms with Gasteiger partial charge in [0.15, 0.2) is 0 Å². The minimum Gasteiger partial charge on any atom is -0.444 e. The summed E-state index contributed by atoms with van der Waals surface area (Å²) in [6, 6.07) is 15.6. The second kappa shape index (κ2) is 33.2. The van der Waals surface area contributed by atoms with E-state index >= 15 is 9.59 Å². The van der Waals surface area contributed by atoms with Gasteiger partial charge in [0.05, 0.1) is 21.9 Å². The zero-order chi connectivity index (χ0) is 81.1. The van der Waals surface area contributed by atoms with E-state index in [1.54, 1.807) is 83.1 Å². The molecule has 8 rings (SSSR count). The Kier molecular flexibility index (Phi) is 26.6. The third kappa shape index (κ3) is 21.0. The number of aryl methyl sites for hydroxylation is 2. The highest BCUT2D eigenvalue weighted by atomic mass is 32.2. The zero-order valence-corrected chi connectivity index (χ0v) is 65.1. The number of ketones is 2. The Morgan fingerprint density at radius 3 is 1.11 bits per heavy atom. The van der Waals surface area contributed by atoms with Gasteiger partial charge in [-0.2, -0.15) is 35.0 Å². The average molecular weight is 1560 g/mol. The summed E-state index contributed by atoms with van der Waals surface area (Å²) < 4.78 is 140. The van der Waals surface area contributed by atoms with Crippen LogP contribution in [0, 0.1) is 10.8 Å². The van der Waals surface area contributed by atoms with Crippen LogP contribution in [0.2, 0.25) is 0 Å². The zero-order valence-electron chi connectivity index (χ0n) is 63.5. The lowest BCUT2D eigenvalue weighted by Crippen LogP contribution is -2.66. The van der Waals surface area contributed by atoms with Gasteiger partial charge in [0.1, 0.15) is 47.5 Å². The highest BCUT2D eigenvalue weighted by Gasteiger charge is 2.55. The molecule has 4 aromatic carbocycles. The van der Waals surface area contributed by atoms with Gasteiger partial charge in [0, 0.05) is 53.4 Å². The van der Waals surface area contributed by atoms with Crippen molar-refractivity contribution in [1.82, 2.24) is 49.5 Å². The molecular formula is C74H98F6N10O16S2. The third-order valence-corrected chi connectivity index (χ3v) is 22.8. The number of halogens is 6. The molecule has 8 amide bonds. The second-order valence-corrected chi connectivity index (χ2v) is 35.5. The van der Waals surface area contributed by atoms with E-state index in [2.05, 4.69) is 21.3 Å². The van der Waals surface area contributed by atoms with E-state index in [0.717, 1.165) is 66.3 Å². The second-order valence-electron chi connectivity index (χ2n) is 31.6. The number of fused-ring (bicyclic) bond motifs is 3. The molecule has 0 saturated carbocycles. The number of Topliss-reactive ketones (excluding diaryl/α,β-unsaturated/α-hetero) is 2. The van der Waals surface area contributed by atoms with Crippen LogP contribution >= 0.6 is 0 Å². The van der Waals surface area contributed by atoms with Crippen molar-refractivity contribution in [3.63, 3.8) is 0 Å². The maximum atomic E-state index is 15.1. The molecule has 2 aliphatic heterocycles. The standard InChI is InChI=1S/C70H98N10O14S2.C4F6O2/c1-43(75(15)65(87)93-69(9,10)11)59(81)73-57(67(3,4)5)63(85)79-37-35-77(41-55(79)61(83)71-53-29-21-25-45-23-17-19-27-51(45)53)95(89,90)49-33-31-48-40-50(34-32-47(48)39-49)96(91,92)78-36-38-80(56(42-78)62(84)72-54-30-22-26-46-24-18-20-28-52(46)54)64(86)58(68(6,7)8)74-60(82)44(2)76(16)66(88)94-70(12,13)14;5-3(6,7)1(11)2(12)4(8,9)10/h17-20,23-24,27-28,31-34,39-40,43-44,53-58H,21-22,25-26,29-30,35-38,41-42H2,1-16H3,(H,71,83)(H,72,84)(H,73,81)(H,74,82);/t43-,44-,53+,54+,55-,56-,57+,58+;/m0./s1. The number of sulfonamides is 2. The summed E-state index contributed by atoms with van der Waals surface area (Å²) >= 11 is 0. The Bertz CT molecular complexity index is 4050. The van der Waals surface area contributed by atoms with E-state index in [4.69, 9.17) is 9.47 Å². The molecule has 108 heavy (non-hydrogen) atoms. The molecule has 4 aromatic rings. The summed E-state index contributed by atoms with van der Waals surface area (Å²) in [4.78, 5) is 138. The highest BCUT2D eigenvalue weighted by molar-refractivity contribution is 7.89. The molecule has 2 aliphatic carbocycles. The van der Waals surface area contributed by atoms with Gasteiger partial charge >= 0.3 is 36.1 Å². The molecule has 2 saturated heterocycles. The van der Waals surface area contributed by atoms with Crippen LogP contribution in [0.25, 0.3) is 10.8 Å². The van der Waals surface area contributed by atoms with Crippen LogP contribution in [-0.2, 0) is 80.7 Å². The molecule has 594 valence electrons. The molecule has 4 aliphatic rings. The molecule has 34 heteroatoms. The predicted molar refractivity (Wildman–Crippen MR) is 385 cm³/mol. The lowest BCUT2D eigenvalue weighted by Gasteiger charge is -2.44. The van der Waals surface area contributed by atoms with Crippen LogP contribution in [0.4, 0.5) is 35.9 Å². The number of benzene rings is 4. The number of ether oxygens (including phenoxy) is 2. The van der Waals surface area contributed by atoms with Gasteiger partial charge in [0.25, 0.3) is 0 Å². The van der Waals surface area contributed by atoms with E-state index < -0.39 is 175 Å². The van der Waals surface area contributed by atoms with E-state index in [1.165, 1.54) is 74.1 Å². The molecule has 0 unspecified atom stereocenters. The summed E-state index contributed by atoms with van der Waals surface area (Å²) in [6.07, 6.45) is -8.69. The van der Waals surface area contributed by atoms with Crippen molar-refractivity contribution >= 4 is 90.0 Å². The number of hydrogen-bond acceptors (Lipinski definition) is 16. The van der Waals surface area contributed by atoms with Crippen molar-refractivity contribution in [3.05, 3.63) is 107 Å². The molecule has 0 spiro atoms. The summed E-state index contributed by atoms with van der Waals surface area (Å²) in [5, 5.41) is 12.7. The molecule has 26 nitrogen and oxygen atoms in total. The Balaban J connectivity index is 0.00000124. The van der Waals surface area contributed by atoms with Crippen LogP contribution in [-0.4, -0.2) is 217 Å². The number of carbonyl (C=O) groups excluding carboxylic acids is 10. The summed E-state index contributed by atoms with van der Waals surface area (Å²) in [7, 11) is -6.09. The van der Waals surface area contributed by atoms with Gasteiger partial charge in [-0.25, -0.2) is 26.4 Å². The lowest BCUT2D eigenvalue weighted by molar-refractivity contribution is -0.193. The van der Waals surface area contributed by atoms with Gasteiger partial charge in [-0.05, 0) is 162 Å². The van der Waals surface area contributed by atoms with Crippen LogP contribution in [0.1, 0.15) is 157 Å². The van der Waals surface area contributed by atoms with Gasteiger partial charge in [0.2, 0.25) is 55.5 Å².